The van der Waals surface area contributed by atoms with E-state index in [1.807, 2.05) is 0 Å². The quantitative estimate of drug-likeness (QED) is 0.434. The fourth-order valence-corrected chi connectivity index (χ4v) is 4.51. The third-order valence-electron chi connectivity index (χ3n) is 5.97. The van der Waals surface area contributed by atoms with E-state index in [1.165, 1.54) is 16.9 Å². The number of nitrogens with zero attached hydrogens (tertiary/aromatic N) is 3. The lowest BCUT2D eigenvalue weighted by Gasteiger charge is -2.15. The highest BCUT2D eigenvalue weighted by Crippen LogP contribution is 2.39. The lowest BCUT2D eigenvalue weighted by Crippen LogP contribution is -2.06. The van der Waals surface area contributed by atoms with E-state index >= 15 is 0 Å². The first kappa shape index (κ1) is 20.2. The smallest absolute Gasteiger partial charge is 0.335 e. The molecule has 2 aromatic heterocycles. The topological polar surface area (TPSA) is 68.0 Å². The fourth-order valence-electron chi connectivity index (χ4n) is 4.51. The molecule has 8 heteroatoms. The molecule has 5 nitrogen and oxygen atoms in total. The van der Waals surface area contributed by atoms with Gasteiger partial charge in [-0.25, -0.2) is 27.6 Å². The molecule has 1 aliphatic rings. The Bertz CT molecular complexity index is 1340. The van der Waals surface area contributed by atoms with Gasteiger partial charge in [-0.1, -0.05) is 18.9 Å². The van der Waals surface area contributed by atoms with Crippen LogP contribution in [0.5, 0.6) is 0 Å². The number of fused-ring (bicyclic) bond motifs is 1. The van der Waals surface area contributed by atoms with Gasteiger partial charge in [-0.3, -0.25) is 0 Å². The molecule has 2 heterocycles. The highest BCUT2D eigenvalue weighted by molar-refractivity contribution is 5.94. The van der Waals surface area contributed by atoms with Crippen molar-refractivity contribution in [3.63, 3.8) is 0 Å². The molecule has 1 aliphatic carbocycles. The van der Waals surface area contributed by atoms with Gasteiger partial charge < -0.3 is 5.11 Å². The largest absolute Gasteiger partial charge is 0.478 e. The Morgan fingerprint density at radius 2 is 1.75 bits per heavy atom. The maximum absolute atomic E-state index is 15.0. The van der Waals surface area contributed by atoms with Gasteiger partial charge in [0.15, 0.2) is 5.82 Å². The van der Waals surface area contributed by atoms with Crippen molar-refractivity contribution in [2.45, 2.75) is 31.6 Å². The molecule has 4 aromatic rings. The molecular weight excluding hydrogens is 419 g/mol. The van der Waals surface area contributed by atoms with Crippen molar-refractivity contribution in [1.29, 1.82) is 0 Å². The number of benzene rings is 2. The minimum atomic E-state index is -1.02. The molecule has 0 atom stereocenters. The zero-order chi connectivity index (χ0) is 22.4. The SMILES string of the molecule is O=C(O)c1ccc(-c2c(F)cnc3cn(-c4cc(F)cc(F)c4)nc23)cc1C1CCCC1. The normalized spacial score (nSPS) is 14.3. The molecule has 0 aliphatic heterocycles. The molecule has 5 rings (SSSR count). The van der Waals surface area contributed by atoms with Gasteiger partial charge in [0.25, 0.3) is 0 Å². The molecule has 1 fully saturated rings. The van der Waals surface area contributed by atoms with Crippen molar-refractivity contribution in [3.05, 3.63) is 77.4 Å². The molecule has 32 heavy (non-hydrogen) atoms. The molecule has 0 spiro atoms. The third-order valence-corrected chi connectivity index (χ3v) is 5.97. The first-order valence-corrected chi connectivity index (χ1v) is 10.3. The molecule has 0 unspecified atom stereocenters. The average Bonchev–Trinajstić information content (AvgIpc) is 3.42. The summed E-state index contributed by atoms with van der Waals surface area (Å²) in [6, 6.07) is 7.76. The van der Waals surface area contributed by atoms with Gasteiger partial charge >= 0.3 is 5.97 Å². The molecule has 0 bridgehead atoms. The Morgan fingerprint density at radius 1 is 1.03 bits per heavy atom. The summed E-state index contributed by atoms with van der Waals surface area (Å²) in [5.41, 5.74) is 2.25. The van der Waals surface area contributed by atoms with E-state index in [-0.39, 0.29) is 28.2 Å². The monoisotopic (exact) mass is 437 g/mol. The molecule has 1 saturated carbocycles. The number of carboxylic acid groups (broad SMARTS) is 1. The van der Waals surface area contributed by atoms with Gasteiger partial charge in [-0.2, -0.15) is 5.10 Å². The number of aromatic carboxylic acids is 1. The Balaban J connectivity index is 1.68. The number of hydrogen-bond acceptors (Lipinski definition) is 3. The number of rotatable bonds is 4. The predicted molar refractivity (Wildman–Crippen MR) is 112 cm³/mol. The van der Waals surface area contributed by atoms with Crippen molar-refractivity contribution in [3.8, 4) is 16.8 Å². The second-order valence-corrected chi connectivity index (χ2v) is 8.00. The van der Waals surface area contributed by atoms with Crippen LogP contribution in [0, 0.1) is 17.5 Å². The van der Waals surface area contributed by atoms with E-state index < -0.39 is 23.4 Å². The number of carbonyl (C=O) groups is 1. The molecule has 1 N–H and O–H groups in total. The van der Waals surface area contributed by atoms with E-state index in [0.717, 1.165) is 50.1 Å². The van der Waals surface area contributed by atoms with Crippen molar-refractivity contribution in [2.75, 3.05) is 0 Å². The van der Waals surface area contributed by atoms with Gasteiger partial charge in [0.1, 0.15) is 22.7 Å². The van der Waals surface area contributed by atoms with Gasteiger partial charge in [0.05, 0.1) is 23.6 Å². The number of pyridine rings is 1. The molecular formula is C24H18F3N3O2. The van der Waals surface area contributed by atoms with Gasteiger partial charge in [0, 0.05) is 11.6 Å². The molecule has 0 radical (unpaired) electrons. The minimum absolute atomic E-state index is 0.106. The highest BCUT2D eigenvalue weighted by Gasteiger charge is 2.24. The Morgan fingerprint density at radius 3 is 2.44 bits per heavy atom. The van der Waals surface area contributed by atoms with Crippen LogP contribution in [0.25, 0.3) is 27.8 Å². The lowest BCUT2D eigenvalue weighted by atomic mass is 9.89. The Hall–Kier alpha value is -3.68. The zero-order valence-corrected chi connectivity index (χ0v) is 16.9. The van der Waals surface area contributed by atoms with Crippen molar-refractivity contribution < 1.29 is 23.1 Å². The third kappa shape index (κ3) is 3.51. The van der Waals surface area contributed by atoms with E-state index in [0.29, 0.717) is 16.6 Å². The number of hydrogen-bond donors (Lipinski definition) is 1. The van der Waals surface area contributed by atoms with Gasteiger partial charge in [-0.05, 0) is 54.2 Å². The summed E-state index contributed by atoms with van der Waals surface area (Å²) in [5, 5.41) is 14.0. The maximum Gasteiger partial charge on any atom is 0.335 e. The molecule has 0 amide bonds. The van der Waals surface area contributed by atoms with E-state index in [2.05, 4.69) is 10.1 Å². The van der Waals surface area contributed by atoms with Crippen LogP contribution in [0.4, 0.5) is 13.2 Å². The minimum Gasteiger partial charge on any atom is -0.478 e. The zero-order valence-electron chi connectivity index (χ0n) is 16.9. The first-order chi connectivity index (χ1) is 15.4. The molecule has 0 saturated heterocycles. The van der Waals surface area contributed by atoms with Gasteiger partial charge in [0.2, 0.25) is 0 Å². The van der Waals surface area contributed by atoms with Crippen LogP contribution >= 0.6 is 0 Å². The van der Waals surface area contributed by atoms with E-state index in [4.69, 9.17) is 0 Å². The summed E-state index contributed by atoms with van der Waals surface area (Å²) in [6.07, 6.45) is 6.36. The van der Waals surface area contributed by atoms with E-state index in [1.54, 1.807) is 12.1 Å². The van der Waals surface area contributed by atoms with Gasteiger partial charge in [-0.15, -0.1) is 0 Å². The lowest BCUT2D eigenvalue weighted by molar-refractivity contribution is 0.0695. The summed E-state index contributed by atoms with van der Waals surface area (Å²) in [5.74, 6) is -3.05. The van der Waals surface area contributed by atoms with Crippen LogP contribution in [-0.2, 0) is 0 Å². The van der Waals surface area contributed by atoms with Crippen LogP contribution in [0.3, 0.4) is 0 Å². The summed E-state index contributed by atoms with van der Waals surface area (Å²) in [6.45, 7) is 0. The van der Waals surface area contributed by atoms with Crippen LogP contribution in [0.1, 0.15) is 47.5 Å². The Kier molecular flexibility index (Phi) is 4.92. The second-order valence-electron chi connectivity index (χ2n) is 8.00. The van der Waals surface area contributed by atoms with Crippen LogP contribution < -0.4 is 0 Å². The Labute approximate surface area is 181 Å². The van der Waals surface area contributed by atoms with Crippen molar-refractivity contribution in [1.82, 2.24) is 14.8 Å². The highest BCUT2D eigenvalue weighted by atomic mass is 19.1. The number of aromatic nitrogens is 3. The standard InChI is InChI=1S/C24H18F3N3O2/c25-15-8-16(26)10-17(9-15)30-12-21-23(29-30)22(20(27)11-28-21)14-5-6-18(24(31)32)19(7-14)13-3-1-2-4-13/h5-13H,1-4H2,(H,31,32). The van der Waals surface area contributed by atoms with E-state index in [9.17, 15) is 23.1 Å². The van der Waals surface area contributed by atoms with Crippen LogP contribution in [0.2, 0.25) is 0 Å². The summed E-state index contributed by atoms with van der Waals surface area (Å²) >= 11 is 0. The summed E-state index contributed by atoms with van der Waals surface area (Å²) in [4.78, 5) is 15.8. The van der Waals surface area contributed by atoms with Crippen LogP contribution in [-0.4, -0.2) is 25.8 Å². The summed E-state index contributed by atoms with van der Waals surface area (Å²) in [7, 11) is 0. The fraction of sp³-hybridized carbons (Fsp3) is 0.208. The number of carboxylic acids is 1. The predicted octanol–water partition coefficient (Wildman–Crippen LogP) is 5.86. The number of halogens is 3. The summed E-state index contributed by atoms with van der Waals surface area (Å²) < 4.78 is 43.5. The average molecular weight is 437 g/mol. The van der Waals surface area contributed by atoms with Crippen molar-refractivity contribution >= 4 is 17.0 Å². The second kappa shape index (κ2) is 7.78. The maximum atomic E-state index is 15.0. The first-order valence-electron chi connectivity index (χ1n) is 10.3. The molecule has 162 valence electrons. The molecule has 2 aromatic carbocycles. The van der Waals surface area contributed by atoms with Crippen molar-refractivity contribution in [2.24, 2.45) is 0 Å². The van der Waals surface area contributed by atoms with Crippen LogP contribution in [0.15, 0.2) is 48.8 Å².